The van der Waals surface area contributed by atoms with Gasteiger partial charge < -0.3 is 0 Å². The van der Waals surface area contributed by atoms with Gasteiger partial charge in [0, 0.05) is 18.7 Å². The topological polar surface area (TPSA) is 55.2 Å². The zero-order chi connectivity index (χ0) is 18.8. The number of halogens is 5. The van der Waals surface area contributed by atoms with E-state index in [-0.39, 0.29) is 24.7 Å². The number of hydrogen-bond acceptors (Lipinski definition) is 3. The van der Waals surface area contributed by atoms with Crippen LogP contribution in [-0.4, -0.2) is 24.7 Å². The molecule has 5 nitrogen and oxygen atoms in total. The van der Waals surface area contributed by atoms with E-state index in [1.54, 1.807) is 0 Å². The van der Waals surface area contributed by atoms with Crippen molar-refractivity contribution in [3.63, 3.8) is 0 Å². The highest BCUT2D eigenvalue weighted by atomic mass is 32.2. The summed E-state index contributed by atoms with van der Waals surface area (Å²) in [7, 11) is -5.02. The minimum absolute atomic E-state index is 0.0749. The first-order valence-electron chi connectivity index (χ1n) is 7.85. The van der Waals surface area contributed by atoms with Gasteiger partial charge in [-0.25, -0.2) is 39.4 Å². The summed E-state index contributed by atoms with van der Waals surface area (Å²) in [6, 6.07) is 0. The van der Waals surface area contributed by atoms with Crippen LogP contribution in [0.15, 0.2) is 11.1 Å². The Morgan fingerprint density at radius 1 is 0.923 bits per heavy atom. The molecular formula is C15H12F5N3O2S. The van der Waals surface area contributed by atoms with E-state index >= 15 is 0 Å². The van der Waals surface area contributed by atoms with Crippen LogP contribution in [0.4, 0.5) is 27.8 Å². The molecular weight excluding hydrogens is 381 g/mol. The van der Waals surface area contributed by atoms with Crippen molar-refractivity contribution in [2.45, 2.75) is 36.6 Å². The number of fused-ring (bicyclic) bond motifs is 1. The Hall–Kier alpha value is -2.17. The monoisotopic (exact) mass is 393 g/mol. The molecule has 1 fully saturated rings. The van der Waals surface area contributed by atoms with Crippen molar-refractivity contribution in [2.24, 2.45) is 0 Å². The van der Waals surface area contributed by atoms with Crippen LogP contribution in [0.2, 0.25) is 0 Å². The standard InChI is InChI=1S/C15H12F5N3O2S/c16-9-10(17)12(19)14(13(20)11(9)18)26(24,25)23-5-1-4-22-15(23)8(6-21-22)7-2-3-7/h6-7H,1-5H2. The lowest BCUT2D eigenvalue weighted by atomic mass is 10.2. The van der Waals surface area contributed by atoms with Crippen LogP contribution in [0.5, 0.6) is 0 Å². The van der Waals surface area contributed by atoms with Crippen LogP contribution in [0.25, 0.3) is 0 Å². The van der Waals surface area contributed by atoms with Crippen LogP contribution in [0, 0.1) is 29.1 Å². The largest absolute Gasteiger partial charge is 0.271 e. The number of aromatic nitrogens is 2. The third-order valence-electron chi connectivity index (χ3n) is 4.54. The quantitative estimate of drug-likeness (QED) is 0.458. The molecule has 2 aliphatic rings. The van der Waals surface area contributed by atoms with Crippen molar-refractivity contribution in [3.05, 3.63) is 40.8 Å². The van der Waals surface area contributed by atoms with E-state index in [1.165, 1.54) is 10.9 Å². The Morgan fingerprint density at radius 3 is 2.08 bits per heavy atom. The second kappa shape index (κ2) is 5.66. The van der Waals surface area contributed by atoms with Gasteiger partial charge in [-0.1, -0.05) is 0 Å². The zero-order valence-electron chi connectivity index (χ0n) is 13.1. The van der Waals surface area contributed by atoms with Crippen LogP contribution < -0.4 is 4.31 Å². The maximum Gasteiger partial charge on any atom is 0.271 e. The molecule has 1 aromatic heterocycles. The number of rotatable bonds is 3. The summed E-state index contributed by atoms with van der Waals surface area (Å²) in [5.74, 6) is -11.5. The summed E-state index contributed by atoms with van der Waals surface area (Å²) < 4.78 is 96.1. The second-order valence-electron chi connectivity index (χ2n) is 6.25. The molecule has 1 aliphatic heterocycles. The average molecular weight is 393 g/mol. The van der Waals surface area contributed by atoms with Gasteiger partial charge in [-0.2, -0.15) is 5.10 Å². The predicted molar refractivity (Wildman–Crippen MR) is 79.6 cm³/mol. The minimum Gasteiger partial charge on any atom is -0.249 e. The Balaban J connectivity index is 1.92. The van der Waals surface area contributed by atoms with Gasteiger partial charge in [0.2, 0.25) is 5.82 Å². The number of benzene rings is 1. The first-order valence-corrected chi connectivity index (χ1v) is 9.29. The maximum atomic E-state index is 14.1. The van der Waals surface area contributed by atoms with Crippen LogP contribution in [-0.2, 0) is 16.6 Å². The molecule has 2 aromatic rings. The van der Waals surface area contributed by atoms with Gasteiger partial charge in [0.15, 0.2) is 28.2 Å². The van der Waals surface area contributed by atoms with Crippen molar-refractivity contribution in [1.29, 1.82) is 0 Å². The fourth-order valence-corrected chi connectivity index (χ4v) is 4.79. The molecule has 0 amide bonds. The third-order valence-corrected chi connectivity index (χ3v) is 6.35. The predicted octanol–water partition coefficient (Wildman–Crippen LogP) is 3.06. The van der Waals surface area contributed by atoms with Crippen molar-refractivity contribution < 1.29 is 30.4 Å². The normalized spacial score (nSPS) is 17.5. The van der Waals surface area contributed by atoms with E-state index in [1.807, 2.05) is 0 Å². The molecule has 11 heteroatoms. The first kappa shape index (κ1) is 17.3. The lowest BCUT2D eigenvalue weighted by molar-refractivity contribution is 0.357. The highest BCUT2D eigenvalue weighted by Crippen LogP contribution is 2.46. The maximum absolute atomic E-state index is 14.1. The number of nitrogens with zero attached hydrogens (tertiary/aromatic N) is 3. The van der Waals surface area contributed by atoms with E-state index in [4.69, 9.17) is 0 Å². The van der Waals surface area contributed by atoms with Crippen LogP contribution in [0.1, 0.15) is 30.7 Å². The van der Waals surface area contributed by atoms with Crippen molar-refractivity contribution in [2.75, 3.05) is 10.8 Å². The van der Waals surface area contributed by atoms with Gasteiger partial charge in [-0.15, -0.1) is 0 Å². The molecule has 2 heterocycles. The molecule has 1 aromatic carbocycles. The number of anilines is 1. The highest BCUT2D eigenvalue weighted by Gasteiger charge is 2.41. The fraction of sp³-hybridized carbons (Fsp3) is 0.400. The molecule has 0 bridgehead atoms. The smallest absolute Gasteiger partial charge is 0.249 e. The second-order valence-corrected chi connectivity index (χ2v) is 8.05. The van der Waals surface area contributed by atoms with Crippen LogP contribution in [0.3, 0.4) is 0 Å². The summed E-state index contributed by atoms with van der Waals surface area (Å²) in [4.78, 5) is -1.84. The van der Waals surface area contributed by atoms with Crippen LogP contribution >= 0.6 is 0 Å². The molecule has 0 saturated heterocycles. The zero-order valence-corrected chi connectivity index (χ0v) is 14.0. The summed E-state index contributed by atoms with van der Waals surface area (Å²) in [5, 5.41) is 4.08. The SMILES string of the molecule is O=S(=O)(c1c(F)c(F)c(F)c(F)c1F)N1CCCn2ncc(C3CC3)c21. The third kappa shape index (κ3) is 2.32. The molecule has 0 spiro atoms. The van der Waals surface area contributed by atoms with E-state index < -0.39 is 44.0 Å². The molecule has 0 atom stereocenters. The number of hydrogen-bond donors (Lipinski definition) is 0. The van der Waals surface area contributed by atoms with E-state index in [2.05, 4.69) is 5.10 Å². The molecule has 26 heavy (non-hydrogen) atoms. The summed E-state index contributed by atoms with van der Waals surface area (Å²) in [5.41, 5.74) is 0.595. The lowest BCUT2D eigenvalue weighted by Gasteiger charge is -2.30. The molecule has 1 saturated carbocycles. The van der Waals surface area contributed by atoms with Gasteiger partial charge in [-0.3, -0.25) is 0 Å². The van der Waals surface area contributed by atoms with Crippen molar-refractivity contribution in [3.8, 4) is 0 Å². The average Bonchev–Trinajstić information content (AvgIpc) is 3.36. The highest BCUT2D eigenvalue weighted by molar-refractivity contribution is 7.92. The first-order chi connectivity index (χ1) is 12.2. The Kier molecular flexibility index (Phi) is 3.76. The molecule has 140 valence electrons. The lowest BCUT2D eigenvalue weighted by Crippen LogP contribution is -2.39. The Labute approximate surface area is 145 Å². The van der Waals surface area contributed by atoms with Gasteiger partial charge in [-0.05, 0) is 25.2 Å². The van der Waals surface area contributed by atoms with Crippen molar-refractivity contribution >= 4 is 15.8 Å². The Morgan fingerprint density at radius 2 is 1.50 bits per heavy atom. The summed E-state index contributed by atoms with van der Waals surface area (Å²) in [6.45, 7) is 0.248. The Bertz CT molecular complexity index is 988. The molecule has 0 unspecified atom stereocenters. The molecule has 4 rings (SSSR count). The van der Waals surface area contributed by atoms with Gasteiger partial charge in [0.1, 0.15) is 5.82 Å². The molecule has 0 radical (unpaired) electrons. The van der Waals surface area contributed by atoms with Gasteiger partial charge in [0.25, 0.3) is 10.0 Å². The van der Waals surface area contributed by atoms with Gasteiger partial charge in [0.05, 0.1) is 6.20 Å². The molecule has 0 N–H and O–H groups in total. The number of sulfonamides is 1. The van der Waals surface area contributed by atoms with E-state index in [9.17, 15) is 30.4 Å². The van der Waals surface area contributed by atoms with Crippen molar-refractivity contribution in [1.82, 2.24) is 9.78 Å². The van der Waals surface area contributed by atoms with E-state index in [0.717, 1.165) is 12.8 Å². The minimum atomic E-state index is -5.02. The fourth-order valence-electron chi connectivity index (χ4n) is 3.14. The number of aryl methyl sites for hydroxylation is 1. The van der Waals surface area contributed by atoms with Gasteiger partial charge >= 0.3 is 0 Å². The summed E-state index contributed by atoms with van der Waals surface area (Å²) >= 11 is 0. The van der Waals surface area contributed by atoms with E-state index in [0.29, 0.717) is 16.4 Å². The summed E-state index contributed by atoms with van der Waals surface area (Å²) in [6.07, 6.45) is 3.40. The molecule has 1 aliphatic carbocycles.